The molecule has 0 saturated carbocycles. The second-order valence-electron chi connectivity index (χ2n) is 17.7. The largest absolute Gasteiger partial charge is 0.327 e. The van der Waals surface area contributed by atoms with Crippen molar-refractivity contribution in [3.05, 3.63) is 249 Å². The van der Waals surface area contributed by atoms with Crippen molar-refractivity contribution in [1.82, 2.24) is 19.1 Å². The predicted octanol–water partition coefficient (Wildman–Crippen LogP) is 8.95. The summed E-state index contributed by atoms with van der Waals surface area (Å²) in [6.45, 7) is 0. The second kappa shape index (κ2) is 16.2. The number of hydrogen-bond acceptors (Lipinski definition) is 3. The van der Waals surface area contributed by atoms with E-state index in [0.717, 1.165) is 33.8 Å². The van der Waals surface area contributed by atoms with E-state index in [4.69, 9.17) is 9.97 Å². The molecule has 322 valence electrons. The van der Waals surface area contributed by atoms with Crippen LogP contribution >= 0.6 is 11.8 Å². The summed E-state index contributed by atoms with van der Waals surface area (Å²) in [6, 6.07) is 90.5. The Morgan fingerprint density at radius 2 is 1.07 bits per heavy atom. The normalized spacial score (nSPS) is 13.1. The second-order valence-corrected chi connectivity index (χ2v) is 26.3. The fourth-order valence-corrected chi connectivity index (χ4v) is 23.3. The van der Waals surface area contributed by atoms with Crippen molar-refractivity contribution in [3.63, 3.8) is 0 Å². The molecule has 1 aliphatic heterocycles. The van der Waals surface area contributed by atoms with Crippen molar-refractivity contribution in [2.45, 2.75) is 9.79 Å². The molecule has 68 heavy (non-hydrogen) atoms. The number of hydrogen-bond donors (Lipinski definition) is 0. The van der Waals surface area contributed by atoms with Gasteiger partial charge in [0.15, 0.2) is 16.1 Å². The van der Waals surface area contributed by atoms with E-state index < -0.39 is 16.1 Å². The smallest absolute Gasteiger partial charge is 0.181 e. The van der Waals surface area contributed by atoms with Gasteiger partial charge < -0.3 is 4.57 Å². The highest BCUT2D eigenvalue weighted by Gasteiger charge is 2.48. The monoisotopic (exact) mass is 920 g/mol. The summed E-state index contributed by atoms with van der Waals surface area (Å²) in [5.41, 5.74) is 5.56. The highest BCUT2D eigenvalue weighted by atomic mass is 32.2. The third kappa shape index (κ3) is 5.99. The van der Waals surface area contributed by atoms with E-state index in [-0.39, 0.29) is 0 Å². The molecule has 0 aliphatic carbocycles. The van der Waals surface area contributed by atoms with E-state index in [9.17, 15) is 0 Å². The van der Waals surface area contributed by atoms with Gasteiger partial charge in [0, 0.05) is 39.4 Å². The molecule has 0 radical (unpaired) electrons. The number of aromatic nitrogens is 4. The number of para-hydroxylation sites is 2. The first-order chi connectivity index (χ1) is 33.7. The van der Waals surface area contributed by atoms with E-state index in [2.05, 4.69) is 253 Å². The first kappa shape index (κ1) is 40.5. The van der Waals surface area contributed by atoms with Crippen molar-refractivity contribution >= 4 is 102 Å². The lowest BCUT2D eigenvalue weighted by molar-refractivity contribution is 0.959. The molecule has 12 aromatic rings. The minimum Gasteiger partial charge on any atom is -0.327 e. The lowest BCUT2D eigenvalue weighted by Crippen LogP contribution is -2.76. The maximum Gasteiger partial charge on any atom is 0.181 e. The molecule has 4 heterocycles. The number of rotatable bonds is 8. The van der Waals surface area contributed by atoms with Crippen LogP contribution in [0.1, 0.15) is 0 Å². The van der Waals surface area contributed by atoms with Crippen molar-refractivity contribution in [3.8, 4) is 17.2 Å². The lowest BCUT2D eigenvalue weighted by Gasteiger charge is -2.40. The lowest BCUT2D eigenvalue weighted by atomic mass is 10.1. The molecule has 0 saturated heterocycles. The fraction of sp³-hybridized carbons (Fsp3) is 0.0164. The van der Waals surface area contributed by atoms with Crippen LogP contribution in [0, 0.1) is 0 Å². The van der Waals surface area contributed by atoms with Gasteiger partial charge in [0.1, 0.15) is 11.6 Å². The van der Waals surface area contributed by atoms with Gasteiger partial charge in [0.25, 0.3) is 0 Å². The molecule has 4 nitrogen and oxygen atoms in total. The van der Waals surface area contributed by atoms with Crippen molar-refractivity contribution in [2.24, 2.45) is 7.05 Å². The Morgan fingerprint density at radius 3 is 1.76 bits per heavy atom. The number of nitrogens with zero attached hydrogens (tertiary/aromatic N) is 4. The Morgan fingerprint density at radius 1 is 0.471 bits per heavy atom. The molecule has 0 spiro atoms. The molecule has 0 amide bonds. The Labute approximate surface area is 401 Å². The molecule has 1 aliphatic rings. The third-order valence-electron chi connectivity index (χ3n) is 14.3. The maximum atomic E-state index is 5.20. The van der Waals surface area contributed by atoms with Gasteiger partial charge in [0.2, 0.25) is 0 Å². The Balaban J connectivity index is 1.14. The minimum atomic E-state index is -3.07. The first-order valence-electron chi connectivity index (χ1n) is 23.2. The van der Waals surface area contributed by atoms with E-state index >= 15 is 0 Å². The minimum absolute atomic E-state index is 0.903. The fourth-order valence-electron chi connectivity index (χ4n) is 11.4. The van der Waals surface area contributed by atoms with Crippen LogP contribution in [0.3, 0.4) is 0 Å². The highest BCUT2D eigenvalue weighted by molar-refractivity contribution is 8.00. The molecule has 0 atom stereocenters. The number of imidazole rings is 1. The van der Waals surface area contributed by atoms with Gasteiger partial charge >= 0.3 is 0 Å². The molecule has 7 heteroatoms. The van der Waals surface area contributed by atoms with Gasteiger partial charge in [-0.3, -0.25) is 4.57 Å². The molecule has 0 unspecified atom stereocenters. The molecule has 0 bridgehead atoms. The Kier molecular flexibility index (Phi) is 9.64. The summed E-state index contributed by atoms with van der Waals surface area (Å²) >= 11 is 1.92. The molecule has 3 aromatic heterocycles. The van der Waals surface area contributed by atoms with Crippen LogP contribution in [-0.4, -0.2) is 35.2 Å². The maximum absolute atomic E-state index is 5.20. The van der Waals surface area contributed by atoms with E-state index in [1.54, 1.807) is 0 Å². The van der Waals surface area contributed by atoms with E-state index in [0.29, 0.717) is 0 Å². The van der Waals surface area contributed by atoms with Crippen LogP contribution in [-0.2, 0) is 7.05 Å². The summed E-state index contributed by atoms with van der Waals surface area (Å²) in [6.07, 6.45) is 1.93. The molecule has 0 fully saturated rings. The Bertz CT molecular complexity index is 3760. The van der Waals surface area contributed by atoms with Gasteiger partial charge in [-0.15, -0.1) is 0 Å². The zero-order valence-corrected chi connectivity index (χ0v) is 40.2. The average Bonchev–Trinajstić information content (AvgIpc) is 3.94. The predicted molar refractivity (Wildman–Crippen MR) is 290 cm³/mol. The van der Waals surface area contributed by atoms with Crippen LogP contribution in [0.15, 0.2) is 259 Å². The van der Waals surface area contributed by atoms with E-state index in [1.165, 1.54) is 67.6 Å². The topological polar surface area (TPSA) is 35.6 Å². The summed E-state index contributed by atoms with van der Waals surface area (Å²) in [5, 5.41) is 13.3. The molecular formula is C61H44N4SSi2. The van der Waals surface area contributed by atoms with Gasteiger partial charge in [0.05, 0.1) is 22.1 Å². The van der Waals surface area contributed by atoms with Crippen LogP contribution in [0.5, 0.6) is 0 Å². The number of aryl methyl sites for hydroxylation is 1. The van der Waals surface area contributed by atoms with Gasteiger partial charge in [-0.25, -0.2) is 9.97 Å². The van der Waals surface area contributed by atoms with Gasteiger partial charge in [-0.2, -0.15) is 0 Å². The van der Waals surface area contributed by atoms with E-state index in [1.807, 2.05) is 24.0 Å². The van der Waals surface area contributed by atoms with Crippen LogP contribution < -0.4 is 41.5 Å². The van der Waals surface area contributed by atoms with Crippen LogP contribution in [0.2, 0.25) is 0 Å². The Hall–Kier alpha value is -7.82. The molecule has 9 aromatic carbocycles. The number of pyridine rings is 1. The standard InChI is InChI=1S/C61H44N4SSi2/c1-64-53-32-15-14-31-52(53)63-61(64)43-21-20-30-48(41-43)67(44-22-6-2-7-23-44,45-24-8-3-9-25-45)49-36-37-50-51-38-39-57-60(59(51)65(54(50)42-49)58-35-18-19-40-62-58)66-55-33-16-17-34-56(55)68(57,46-26-10-4-11-27-46)47-28-12-5-13-29-47/h2-42H,1H3. The summed E-state index contributed by atoms with van der Waals surface area (Å²) in [7, 11) is -3.78. The first-order valence-corrected chi connectivity index (χ1v) is 28.0. The van der Waals surface area contributed by atoms with Crippen molar-refractivity contribution < 1.29 is 0 Å². The van der Waals surface area contributed by atoms with Crippen molar-refractivity contribution in [1.29, 1.82) is 0 Å². The third-order valence-corrected chi connectivity index (χ3v) is 25.4. The molecular weight excluding hydrogens is 877 g/mol. The average molecular weight is 921 g/mol. The van der Waals surface area contributed by atoms with Crippen molar-refractivity contribution in [2.75, 3.05) is 0 Å². The highest BCUT2D eigenvalue weighted by Crippen LogP contribution is 2.42. The SMILES string of the molecule is Cn1c(-c2cccc([Si](c3ccccc3)(c3ccccc3)c3ccc4c5ccc6c(c5n(-c5ccccn5)c4c3)Sc3ccccc3[Si]6(c3ccccc3)c3ccccc3)c2)nc2ccccc21. The zero-order chi connectivity index (χ0) is 45.2. The van der Waals surface area contributed by atoms with Crippen LogP contribution in [0.25, 0.3) is 50.0 Å². The van der Waals surface area contributed by atoms with Gasteiger partial charge in [-0.05, 0) is 77.9 Å². The molecule has 0 N–H and O–H groups in total. The number of fused-ring (bicyclic) bond motifs is 7. The summed E-state index contributed by atoms with van der Waals surface area (Å²) in [4.78, 5) is 13.0. The quantitative estimate of drug-likeness (QED) is 0.113. The number of benzene rings is 9. The zero-order valence-electron chi connectivity index (χ0n) is 37.4. The summed E-state index contributed by atoms with van der Waals surface area (Å²) < 4.78 is 4.71. The summed E-state index contributed by atoms with van der Waals surface area (Å²) in [5.74, 6) is 1.86. The van der Waals surface area contributed by atoms with Crippen LogP contribution in [0.4, 0.5) is 0 Å². The van der Waals surface area contributed by atoms with Gasteiger partial charge in [-0.1, -0.05) is 218 Å². The molecule has 13 rings (SSSR count).